The maximum absolute atomic E-state index is 14.9. The molecular weight excluding hydrogens is 436 g/mol. The fraction of sp³-hybridized carbons (Fsp3) is 0.429. The van der Waals surface area contributed by atoms with Gasteiger partial charge in [-0.3, -0.25) is 9.78 Å². The van der Waals surface area contributed by atoms with Gasteiger partial charge < -0.3 is 4.74 Å². The van der Waals surface area contributed by atoms with E-state index < -0.39 is 51.2 Å². The summed E-state index contributed by atoms with van der Waals surface area (Å²) in [6.07, 6.45) is -3.86. The number of aromatic nitrogens is 1. The zero-order valence-electron chi connectivity index (χ0n) is 17.8. The first-order chi connectivity index (χ1) is 14.2. The van der Waals surface area contributed by atoms with Crippen molar-refractivity contribution >= 4 is 17.0 Å². The number of carbonyl (C=O) groups is 1. The van der Waals surface area contributed by atoms with Crippen LogP contribution in [-0.4, -0.2) is 27.0 Å². The van der Waals surface area contributed by atoms with Gasteiger partial charge in [-0.1, -0.05) is 12.1 Å². The van der Waals surface area contributed by atoms with Crippen molar-refractivity contribution in [2.45, 2.75) is 50.6 Å². The molecule has 1 aromatic carbocycles. The van der Waals surface area contributed by atoms with Gasteiger partial charge in [0.15, 0.2) is 0 Å². The Kier molecular flexibility index (Phi) is 7.27. The SMILES string of the molecule is COC(=O)CC(NS(=O)C(C)(C)C)(c1ccc(C(F)(F)F)c(C)c1)c1ncccc1F. The fourth-order valence-electron chi connectivity index (χ4n) is 3.01. The Balaban J connectivity index is 2.85. The van der Waals surface area contributed by atoms with Gasteiger partial charge in [-0.2, -0.15) is 13.2 Å². The Morgan fingerprint density at radius 1 is 1.19 bits per heavy atom. The predicted octanol–water partition coefficient (Wildman–Crippen LogP) is 4.41. The number of nitrogens with one attached hydrogen (secondary N) is 1. The first-order valence-corrected chi connectivity index (χ1v) is 10.4. The molecule has 1 aromatic heterocycles. The molecule has 1 N–H and O–H groups in total. The van der Waals surface area contributed by atoms with E-state index in [-0.39, 0.29) is 16.8 Å². The Morgan fingerprint density at radius 3 is 2.32 bits per heavy atom. The lowest BCUT2D eigenvalue weighted by Crippen LogP contribution is -2.51. The standard InChI is InChI=1S/C21H24F4N2O3S/c1-13-11-14(8-9-15(13)21(23,24)25)20(12-17(28)30-5,27-31(29)19(2,3)4)18-16(22)7-6-10-26-18/h6-11,27H,12H2,1-5H3. The molecule has 0 aliphatic heterocycles. The number of hydrogen-bond donors (Lipinski definition) is 1. The number of hydrogen-bond acceptors (Lipinski definition) is 4. The van der Waals surface area contributed by atoms with Gasteiger partial charge in [0.2, 0.25) is 0 Å². The normalized spacial score (nSPS) is 15.3. The average Bonchev–Trinajstić information content (AvgIpc) is 2.65. The Labute approximate surface area is 180 Å². The molecule has 10 heteroatoms. The summed E-state index contributed by atoms with van der Waals surface area (Å²) in [5.74, 6) is -1.61. The van der Waals surface area contributed by atoms with Crippen LogP contribution in [0.25, 0.3) is 0 Å². The van der Waals surface area contributed by atoms with Crippen molar-refractivity contribution in [1.82, 2.24) is 9.71 Å². The summed E-state index contributed by atoms with van der Waals surface area (Å²) in [4.78, 5) is 16.4. The summed E-state index contributed by atoms with van der Waals surface area (Å²) in [7, 11) is -0.725. The van der Waals surface area contributed by atoms with Gasteiger partial charge in [-0.15, -0.1) is 0 Å². The lowest BCUT2D eigenvalue weighted by molar-refractivity contribution is -0.142. The number of nitrogens with zero attached hydrogens (tertiary/aromatic N) is 1. The van der Waals surface area contributed by atoms with Crippen molar-refractivity contribution in [1.29, 1.82) is 0 Å². The number of alkyl halides is 3. The van der Waals surface area contributed by atoms with Crippen molar-refractivity contribution in [3.8, 4) is 0 Å². The zero-order valence-corrected chi connectivity index (χ0v) is 18.6. The van der Waals surface area contributed by atoms with E-state index in [1.54, 1.807) is 20.8 Å². The number of halogens is 4. The molecule has 2 rings (SSSR count). The monoisotopic (exact) mass is 460 g/mol. The van der Waals surface area contributed by atoms with Crippen molar-refractivity contribution in [2.24, 2.45) is 0 Å². The molecule has 0 spiro atoms. The molecule has 2 unspecified atom stereocenters. The molecule has 0 saturated heterocycles. The van der Waals surface area contributed by atoms with E-state index in [4.69, 9.17) is 4.74 Å². The highest BCUT2D eigenvalue weighted by Gasteiger charge is 2.44. The van der Waals surface area contributed by atoms with Crippen LogP contribution >= 0.6 is 0 Å². The van der Waals surface area contributed by atoms with Crippen molar-refractivity contribution in [3.05, 3.63) is 64.7 Å². The summed E-state index contributed by atoms with van der Waals surface area (Å²) in [5.41, 5.74) is -3.04. The summed E-state index contributed by atoms with van der Waals surface area (Å²) in [6.45, 7) is 6.23. The molecular formula is C21H24F4N2O3S. The topological polar surface area (TPSA) is 68.3 Å². The molecule has 0 aliphatic rings. The van der Waals surface area contributed by atoms with Crippen LogP contribution in [0.4, 0.5) is 17.6 Å². The number of rotatable bonds is 6. The van der Waals surface area contributed by atoms with Crippen LogP contribution in [-0.2, 0) is 32.2 Å². The summed E-state index contributed by atoms with van der Waals surface area (Å²) < 4.78 is 74.5. The van der Waals surface area contributed by atoms with Crippen LogP contribution in [0.2, 0.25) is 0 Å². The molecule has 0 saturated carbocycles. The highest BCUT2D eigenvalue weighted by Crippen LogP contribution is 2.39. The summed E-state index contributed by atoms with van der Waals surface area (Å²) in [5, 5.41) is 0. The van der Waals surface area contributed by atoms with Gasteiger partial charge >= 0.3 is 12.1 Å². The zero-order chi connectivity index (χ0) is 23.6. The molecule has 0 radical (unpaired) electrons. The predicted molar refractivity (Wildman–Crippen MR) is 109 cm³/mol. The number of pyridine rings is 1. The van der Waals surface area contributed by atoms with E-state index in [0.29, 0.717) is 0 Å². The second-order valence-corrected chi connectivity index (χ2v) is 9.97. The molecule has 2 aromatic rings. The van der Waals surface area contributed by atoms with Crippen LogP contribution in [0.1, 0.15) is 49.6 Å². The summed E-state index contributed by atoms with van der Waals surface area (Å²) in [6, 6.07) is 5.60. The quantitative estimate of drug-likeness (QED) is 0.512. The molecule has 2 atom stereocenters. The van der Waals surface area contributed by atoms with Crippen molar-refractivity contribution < 1.29 is 31.3 Å². The lowest BCUT2D eigenvalue weighted by atomic mass is 9.82. The molecule has 0 amide bonds. The second kappa shape index (κ2) is 9.04. The molecule has 5 nitrogen and oxygen atoms in total. The molecule has 0 aliphatic carbocycles. The highest BCUT2D eigenvalue weighted by molar-refractivity contribution is 7.84. The van der Waals surface area contributed by atoms with Crippen molar-refractivity contribution in [2.75, 3.05) is 7.11 Å². The minimum Gasteiger partial charge on any atom is -0.469 e. The van der Waals surface area contributed by atoms with E-state index in [2.05, 4.69) is 9.71 Å². The number of aryl methyl sites for hydroxylation is 1. The number of carbonyl (C=O) groups excluding carboxylic acids is 1. The third kappa shape index (κ3) is 5.48. The van der Waals surface area contributed by atoms with Crippen LogP contribution in [0.5, 0.6) is 0 Å². The third-order valence-corrected chi connectivity index (χ3v) is 6.29. The van der Waals surface area contributed by atoms with Crippen LogP contribution in [0.3, 0.4) is 0 Å². The van der Waals surface area contributed by atoms with Gasteiger partial charge in [0.25, 0.3) is 0 Å². The number of benzene rings is 1. The van der Waals surface area contributed by atoms with Crippen LogP contribution in [0, 0.1) is 12.7 Å². The van der Waals surface area contributed by atoms with E-state index in [0.717, 1.165) is 25.3 Å². The van der Waals surface area contributed by atoms with E-state index in [1.165, 1.54) is 25.3 Å². The fourth-order valence-corrected chi connectivity index (χ4v) is 3.92. The summed E-state index contributed by atoms with van der Waals surface area (Å²) >= 11 is 0. The Hall–Kier alpha value is -2.33. The highest BCUT2D eigenvalue weighted by atomic mass is 32.2. The maximum Gasteiger partial charge on any atom is 0.416 e. The maximum atomic E-state index is 14.9. The number of esters is 1. The van der Waals surface area contributed by atoms with E-state index >= 15 is 0 Å². The number of ether oxygens (including phenoxy) is 1. The molecule has 1 heterocycles. The Morgan fingerprint density at radius 2 is 1.84 bits per heavy atom. The Bertz CT molecular complexity index is 989. The largest absolute Gasteiger partial charge is 0.469 e. The first-order valence-electron chi connectivity index (χ1n) is 9.28. The van der Waals surface area contributed by atoms with Gasteiger partial charge in [-0.05, 0) is 57.0 Å². The lowest BCUT2D eigenvalue weighted by Gasteiger charge is -2.36. The second-order valence-electron chi connectivity index (χ2n) is 8.00. The first kappa shape index (κ1) is 24.9. The molecule has 0 fully saturated rings. The van der Waals surface area contributed by atoms with E-state index in [1.807, 2.05) is 0 Å². The minimum absolute atomic E-state index is 0.0959. The van der Waals surface area contributed by atoms with Crippen LogP contribution < -0.4 is 4.72 Å². The van der Waals surface area contributed by atoms with Gasteiger partial charge in [0.1, 0.15) is 17.1 Å². The van der Waals surface area contributed by atoms with Gasteiger partial charge in [-0.25, -0.2) is 13.3 Å². The molecule has 0 bridgehead atoms. The minimum atomic E-state index is -4.59. The number of methoxy groups -OCH3 is 1. The van der Waals surface area contributed by atoms with E-state index in [9.17, 15) is 26.6 Å². The van der Waals surface area contributed by atoms with Crippen molar-refractivity contribution in [3.63, 3.8) is 0 Å². The van der Waals surface area contributed by atoms with Gasteiger partial charge in [0, 0.05) is 6.20 Å². The average molecular weight is 460 g/mol. The molecule has 170 valence electrons. The molecule has 31 heavy (non-hydrogen) atoms. The van der Waals surface area contributed by atoms with Gasteiger partial charge in [0.05, 0.1) is 34.8 Å². The third-order valence-electron chi connectivity index (χ3n) is 4.65. The smallest absolute Gasteiger partial charge is 0.416 e. The van der Waals surface area contributed by atoms with Crippen LogP contribution in [0.15, 0.2) is 36.5 Å².